The topological polar surface area (TPSA) is 184 Å². The van der Waals surface area contributed by atoms with Crippen molar-refractivity contribution in [1.29, 1.82) is 0 Å². The highest BCUT2D eigenvalue weighted by Crippen LogP contribution is 2.37. The Hall–Kier alpha value is -3.20. The van der Waals surface area contributed by atoms with E-state index in [0.29, 0.717) is 0 Å². The van der Waals surface area contributed by atoms with Crippen LogP contribution in [0.4, 0.5) is 0 Å². The van der Waals surface area contributed by atoms with Gasteiger partial charge in [-0.25, -0.2) is 0 Å². The molecular weight excluding hydrogens is 492 g/mol. The predicted molar refractivity (Wildman–Crippen MR) is 117 cm³/mol. The zero-order valence-electron chi connectivity index (χ0n) is 17.4. The Morgan fingerprint density at radius 3 is 1.06 bits per heavy atom. The van der Waals surface area contributed by atoms with Gasteiger partial charge in [-0.1, -0.05) is 0 Å². The fraction of sp³-hybridized carbons (Fsp3) is 0.300. The average molecular weight is 511 g/mol. The fourth-order valence-corrected chi connectivity index (χ4v) is 5.18. The van der Waals surface area contributed by atoms with Gasteiger partial charge in [0.2, 0.25) is 0 Å². The van der Waals surface area contributed by atoms with Crippen LogP contribution < -0.4 is 0 Å². The zero-order valence-corrected chi connectivity index (χ0v) is 19.1. The zero-order chi connectivity index (χ0) is 25.0. The van der Waals surface area contributed by atoms with Crippen molar-refractivity contribution in [2.24, 2.45) is 0 Å². The lowest BCUT2D eigenvalue weighted by atomic mass is 9.86. The summed E-state index contributed by atoms with van der Waals surface area (Å²) in [7, 11) is -8.55. The van der Waals surface area contributed by atoms with Gasteiger partial charge in [-0.2, -0.15) is 16.8 Å². The first-order valence-electron chi connectivity index (χ1n) is 10.0. The fourth-order valence-electron chi connectivity index (χ4n) is 4.19. The smallest absolute Gasteiger partial charge is 0.264 e. The summed E-state index contributed by atoms with van der Waals surface area (Å²) in [6, 6.07) is 5.33. The number of hydrogen-bond donors (Lipinski definition) is 2. The molecule has 0 aliphatic carbocycles. The van der Waals surface area contributed by atoms with E-state index in [2.05, 4.69) is 0 Å². The van der Waals surface area contributed by atoms with Gasteiger partial charge in [0.1, 0.15) is 0 Å². The van der Waals surface area contributed by atoms with Crippen LogP contribution in [0.1, 0.15) is 54.3 Å². The van der Waals surface area contributed by atoms with E-state index in [-0.39, 0.29) is 59.0 Å². The minimum Gasteiger partial charge on any atom is -0.286 e. The molecule has 12 nitrogen and oxygen atoms in total. The molecule has 4 rings (SSSR count). The van der Waals surface area contributed by atoms with E-state index in [1.54, 1.807) is 0 Å². The summed E-state index contributed by atoms with van der Waals surface area (Å²) in [5, 5.41) is 0.269. The van der Waals surface area contributed by atoms with Crippen molar-refractivity contribution < 1.29 is 45.1 Å². The SMILES string of the molecule is O=C1c2ccc3c4c(ccc(c24)C(=O)N1CCCS(=O)(=O)O)C(=O)N(CCCS(=O)(=O)O)C3=O. The molecule has 2 aliphatic heterocycles. The van der Waals surface area contributed by atoms with Gasteiger partial charge in [-0.15, -0.1) is 0 Å². The van der Waals surface area contributed by atoms with Crippen molar-refractivity contribution >= 4 is 54.6 Å². The van der Waals surface area contributed by atoms with Gasteiger partial charge < -0.3 is 0 Å². The van der Waals surface area contributed by atoms with E-state index in [0.717, 1.165) is 9.80 Å². The second-order valence-corrected chi connectivity index (χ2v) is 11.0. The third-order valence-electron chi connectivity index (χ3n) is 5.63. The molecule has 2 aliphatic rings. The molecule has 34 heavy (non-hydrogen) atoms. The number of carbonyl (C=O) groups excluding carboxylic acids is 4. The van der Waals surface area contributed by atoms with Crippen LogP contribution in [0.5, 0.6) is 0 Å². The predicted octanol–water partition coefficient (Wildman–Crippen LogP) is 0.588. The van der Waals surface area contributed by atoms with Crippen LogP contribution in [0.3, 0.4) is 0 Å². The Balaban J connectivity index is 1.72. The first-order chi connectivity index (χ1) is 15.8. The van der Waals surface area contributed by atoms with Crippen LogP contribution in [0.15, 0.2) is 24.3 Å². The van der Waals surface area contributed by atoms with Gasteiger partial charge in [0.25, 0.3) is 43.9 Å². The first-order valence-corrected chi connectivity index (χ1v) is 13.2. The number of carbonyl (C=O) groups is 4. The molecule has 2 N–H and O–H groups in total. The number of benzene rings is 2. The second kappa shape index (κ2) is 8.23. The number of nitrogens with zero attached hydrogens (tertiary/aromatic N) is 2. The minimum absolute atomic E-state index is 0.0579. The molecule has 2 aromatic rings. The lowest BCUT2D eigenvalue weighted by Crippen LogP contribution is -2.44. The Morgan fingerprint density at radius 2 is 0.824 bits per heavy atom. The van der Waals surface area contributed by atoms with Crippen LogP contribution in [-0.2, 0) is 20.2 Å². The standard InChI is InChI=1S/C20H18N2O10S2/c23-17-11-3-5-13-16-14(20(26)22(19(13)25)8-2-10-34(30,31)32)6-4-12(15(11)16)18(24)21(17)7-1-9-33(27,28)29/h3-6H,1-2,7-10H2,(H,27,28,29)(H,30,31,32). The van der Waals surface area contributed by atoms with Crippen LogP contribution in [0.25, 0.3) is 10.8 Å². The van der Waals surface area contributed by atoms with E-state index >= 15 is 0 Å². The van der Waals surface area contributed by atoms with E-state index in [1.807, 2.05) is 0 Å². The van der Waals surface area contributed by atoms with Gasteiger partial charge >= 0.3 is 0 Å². The lowest BCUT2D eigenvalue weighted by Gasteiger charge is -2.31. The lowest BCUT2D eigenvalue weighted by molar-refractivity contribution is 0.0589. The second-order valence-electron chi connectivity index (χ2n) is 7.87. The molecule has 0 radical (unpaired) electrons. The summed E-state index contributed by atoms with van der Waals surface area (Å²) >= 11 is 0. The summed E-state index contributed by atoms with van der Waals surface area (Å²) in [6.07, 6.45) is -0.360. The molecular formula is C20H18N2O10S2. The van der Waals surface area contributed by atoms with Gasteiger partial charge in [-0.3, -0.25) is 38.1 Å². The number of amides is 4. The monoisotopic (exact) mass is 510 g/mol. The largest absolute Gasteiger partial charge is 0.286 e. The average Bonchev–Trinajstić information content (AvgIpc) is 2.73. The summed E-state index contributed by atoms with van der Waals surface area (Å²) in [5.41, 5.74) is 0.231. The normalized spacial score (nSPS) is 16.1. The van der Waals surface area contributed by atoms with Gasteiger partial charge in [0, 0.05) is 46.1 Å². The Labute approximate surface area is 193 Å². The van der Waals surface area contributed by atoms with Crippen molar-refractivity contribution in [2.75, 3.05) is 24.6 Å². The van der Waals surface area contributed by atoms with Crippen LogP contribution in [-0.4, -0.2) is 84.0 Å². The highest BCUT2D eigenvalue weighted by atomic mass is 32.2. The van der Waals surface area contributed by atoms with E-state index < -0.39 is 55.4 Å². The quantitative estimate of drug-likeness (QED) is 0.376. The maximum Gasteiger partial charge on any atom is 0.264 e. The molecule has 2 heterocycles. The van der Waals surface area contributed by atoms with Crippen molar-refractivity contribution in [3.63, 3.8) is 0 Å². The highest BCUT2D eigenvalue weighted by Gasteiger charge is 2.39. The van der Waals surface area contributed by atoms with Crippen molar-refractivity contribution in [3.05, 3.63) is 46.5 Å². The third-order valence-corrected chi connectivity index (χ3v) is 7.24. The molecule has 0 bridgehead atoms. The molecule has 0 spiro atoms. The minimum atomic E-state index is -4.28. The molecule has 0 saturated carbocycles. The van der Waals surface area contributed by atoms with Gasteiger partial charge in [-0.05, 0) is 37.1 Å². The summed E-state index contributed by atoms with van der Waals surface area (Å²) < 4.78 is 61.6. The highest BCUT2D eigenvalue weighted by molar-refractivity contribution is 7.86. The Bertz CT molecular complexity index is 1310. The number of hydrogen-bond acceptors (Lipinski definition) is 8. The van der Waals surface area contributed by atoms with Crippen molar-refractivity contribution in [3.8, 4) is 0 Å². The van der Waals surface area contributed by atoms with Gasteiger partial charge in [0.05, 0.1) is 11.5 Å². The summed E-state index contributed by atoms with van der Waals surface area (Å²) in [6.45, 7) is -0.525. The molecule has 2 aromatic carbocycles. The van der Waals surface area contributed by atoms with Crippen molar-refractivity contribution in [1.82, 2.24) is 9.80 Å². The van der Waals surface area contributed by atoms with Crippen LogP contribution in [0.2, 0.25) is 0 Å². The summed E-state index contributed by atoms with van der Waals surface area (Å²) in [4.78, 5) is 53.7. The van der Waals surface area contributed by atoms with E-state index in [1.165, 1.54) is 24.3 Å². The molecule has 0 fully saturated rings. The molecule has 14 heteroatoms. The number of imide groups is 2. The molecule has 0 atom stereocenters. The molecule has 180 valence electrons. The van der Waals surface area contributed by atoms with Gasteiger partial charge in [0.15, 0.2) is 0 Å². The third kappa shape index (κ3) is 4.20. The number of rotatable bonds is 8. The van der Waals surface area contributed by atoms with Crippen LogP contribution >= 0.6 is 0 Å². The molecule has 0 unspecified atom stereocenters. The maximum atomic E-state index is 13.0. The molecule has 0 saturated heterocycles. The Kier molecular flexibility index (Phi) is 5.80. The van der Waals surface area contributed by atoms with Crippen LogP contribution in [0, 0.1) is 0 Å². The molecule has 0 aromatic heterocycles. The summed E-state index contributed by atoms with van der Waals surface area (Å²) in [5.74, 6) is -4.19. The van der Waals surface area contributed by atoms with E-state index in [9.17, 15) is 36.0 Å². The maximum absolute atomic E-state index is 13.0. The first kappa shape index (κ1) is 23.9. The molecule has 4 amide bonds. The van der Waals surface area contributed by atoms with Crippen molar-refractivity contribution in [2.45, 2.75) is 12.8 Å². The Morgan fingerprint density at radius 1 is 0.559 bits per heavy atom. The van der Waals surface area contributed by atoms with E-state index in [4.69, 9.17) is 9.11 Å².